The number of amides is 2. The molecule has 0 aliphatic rings. The number of benzene rings is 1. The van der Waals surface area contributed by atoms with Crippen molar-refractivity contribution in [3.05, 3.63) is 58.5 Å². The first-order valence-electron chi connectivity index (χ1n) is 7.94. The van der Waals surface area contributed by atoms with E-state index >= 15 is 0 Å². The molecule has 2 amide bonds. The van der Waals surface area contributed by atoms with Crippen LogP contribution in [0.2, 0.25) is 5.02 Å². The summed E-state index contributed by atoms with van der Waals surface area (Å²) in [5, 5.41) is 7.22. The molecule has 0 saturated carbocycles. The van der Waals surface area contributed by atoms with Crippen molar-refractivity contribution in [3.8, 4) is 0 Å². The molecule has 2 rings (SSSR count). The van der Waals surface area contributed by atoms with Crippen LogP contribution in [0.15, 0.2) is 36.5 Å². The normalized spacial score (nSPS) is 11.0. The molecule has 150 valence electrons. The Morgan fingerprint density at radius 1 is 1.11 bits per heavy atom. The number of nitrogens with one attached hydrogen (secondary N) is 3. The number of carbonyl (C=O) groups is 2. The van der Waals surface area contributed by atoms with Crippen LogP contribution in [0.25, 0.3) is 0 Å². The molecule has 0 spiro atoms. The molecular formula is C17H15ClF4N4O2. The van der Waals surface area contributed by atoms with Crippen molar-refractivity contribution in [1.29, 1.82) is 0 Å². The van der Waals surface area contributed by atoms with Gasteiger partial charge in [-0.1, -0.05) is 23.7 Å². The Morgan fingerprint density at radius 2 is 1.82 bits per heavy atom. The highest BCUT2D eigenvalue weighted by Gasteiger charge is 2.31. The third-order valence-corrected chi connectivity index (χ3v) is 3.72. The van der Waals surface area contributed by atoms with E-state index in [1.165, 1.54) is 18.2 Å². The van der Waals surface area contributed by atoms with Crippen molar-refractivity contribution in [2.45, 2.75) is 6.18 Å². The number of rotatable bonds is 7. The predicted octanol–water partition coefficient (Wildman–Crippen LogP) is 2.85. The quantitative estimate of drug-likeness (QED) is 0.477. The molecule has 0 aliphatic carbocycles. The van der Waals surface area contributed by atoms with Crippen LogP contribution in [0.3, 0.4) is 0 Å². The van der Waals surface area contributed by atoms with Gasteiger partial charge >= 0.3 is 6.18 Å². The molecular weight excluding hydrogens is 404 g/mol. The summed E-state index contributed by atoms with van der Waals surface area (Å²) in [6.45, 7) is -0.148. The molecule has 0 fully saturated rings. The lowest BCUT2D eigenvalue weighted by atomic mass is 10.2. The molecule has 6 nitrogen and oxygen atoms in total. The molecule has 2 aromatic rings. The maximum absolute atomic E-state index is 13.4. The minimum absolute atomic E-state index is 0.0387. The lowest BCUT2D eigenvalue weighted by Gasteiger charge is -2.11. The second-order valence-corrected chi connectivity index (χ2v) is 5.90. The highest BCUT2D eigenvalue weighted by Crippen LogP contribution is 2.32. The second kappa shape index (κ2) is 9.36. The molecule has 0 aliphatic heterocycles. The average molecular weight is 419 g/mol. The van der Waals surface area contributed by atoms with E-state index in [-0.39, 0.29) is 36.0 Å². The number of pyridine rings is 1. The zero-order chi connectivity index (χ0) is 20.7. The van der Waals surface area contributed by atoms with Crippen molar-refractivity contribution < 1.29 is 27.2 Å². The van der Waals surface area contributed by atoms with Gasteiger partial charge in [-0.05, 0) is 18.2 Å². The molecule has 0 saturated heterocycles. The van der Waals surface area contributed by atoms with Crippen molar-refractivity contribution in [3.63, 3.8) is 0 Å². The third kappa shape index (κ3) is 6.08. The predicted molar refractivity (Wildman–Crippen MR) is 94.5 cm³/mol. The van der Waals surface area contributed by atoms with Gasteiger partial charge in [0.2, 0.25) is 5.91 Å². The smallest absolute Gasteiger partial charge is 0.367 e. The number of hydrogen-bond donors (Lipinski definition) is 3. The highest BCUT2D eigenvalue weighted by molar-refractivity contribution is 6.32. The number of carbonyl (C=O) groups excluding carboxylic acids is 2. The number of halogens is 5. The Hall–Kier alpha value is -2.88. The standard InChI is InChI=1S/C17H15ClF4N4O2/c18-12-7-10(17(20,21)22)8-25-15(12)24-6-5-23-14(27)9-26-16(28)11-3-1-2-4-13(11)19/h1-4,7-8H,5-6,9H2,(H,23,27)(H,24,25)(H,26,28). The fourth-order valence-corrected chi connectivity index (χ4v) is 2.30. The summed E-state index contributed by atoms with van der Waals surface area (Å²) in [5.74, 6) is -1.92. The topological polar surface area (TPSA) is 83.1 Å². The zero-order valence-corrected chi connectivity index (χ0v) is 15.0. The minimum Gasteiger partial charge on any atom is -0.367 e. The van der Waals surface area contributed by atoms with Gasteiger partial charge in [0.05, 0.1) is 22.7 Å². The summed E-state index contributed by atoms with van der Waals surface area (Å²) >= 11 is 5.74. The molecule has 0 atom stereocenters. The highest BCUT2D eigenvalue weighted by atomic mass is 35.5. The Bertz CT molecular complexity index is 861. The van der Waals surface area contributed by atoms with Crippen LogP contribution in [0, 0.1) is 5.82 Å². The lowest BCUT2D eigenvalue weighted by Crippen LogP contribution is -2.38. The Kier molecular flexibility index (Phi) is 7.16. The molecule has 28 heavy (non-hydrogen) atoms. The van der Waals surface area contributed by atoms with Crippen molar-refractivity contribution in [2.75, 3.05) is 25.0 Å². The number of anilines is 1. The van der Waals surface area contributed by atoms with Crippen molar-refractivity contribution >= 4 is 29.2 Å². The largest absolute Gasteiger partial charge is 0.417 e. The monoisotopic (exact) mass is 418 g/mol. The second-order valence-electron chi connectivity index (χ2n) is 5.49. The Labute approximate surface area is 162 Å². The first-order valence-corrected chi connectivity index (χ1v) is 8.32. The fraction of sp³-hybridized carbons (Fsp3) is 0.235. The van der Waals surface area contributed by atoms with Crippen LogP contribution < -0.4 is 16.0 Å². The lowest BCUT2D eigenvalue weighted by molar-refractivity contribution is -0.137. The van der Waals surface area contributed by atoms with Crippen LogP contribution in [0.5, 0.6) is 0 Å². The van der Waals surface area contributed by atoms with Crippen molar-refractivity contribution in [2.24, 2.45) is 0 Å². The summed E-state index contributed by atoms with van der Waals surface area (Å²) in [6.07, 6.45) is -3.90. The van der Waals surface area contributed by atoms with Crippen LogP contribution in [-0.4, -0.2) is 36.4 Å². The van der Waals surface area contributed by atoms with Gasteiger partial charge in [-0.15, -0.1) is 0 Å². The van der Waals surface area contributed by atoms with Crippen LogP contribution in [0.1, 0.15) is 15.9 Å². The molecule has 1 aromatic heterocycles. The number of aromatic nitrogens is 1. The molecule has 3 N–H and O–H groups in total. The van der Waals surface area contributed by atoms with Crippen LogP contribution in [0.4, 0.5) is 23.4 Å². The Morgan fingerprint density at radius 3 is 2.46 bits per heavy atom. The van der Waals surface area contributed by atoms with Gasteiger partial charge in [0.1, 0.15) is 11.6 Å². The number of nitrogens with zero attached hydrogens (tertiary/aromatic N) is 1. The maximum atomic E-state index is 13.4. The molecule has 1 heterocycles. The van der Waals surface area contributed by atoms with Gasteiger partial charge in [-0.2, -0.15) is 13.2 Å². The number of hydrogen-bond acceptors (Lipinski definition) is 4. The zero-order valence-electron chi connectivity index (χ0n) is 14.2. The van der Waals surface area contributed by atoms with Gasteiger partial charge < -0.3 is 16.0 Å². The summed E-state index contributed by atoms with van der Waals surface area (Å²) in [5.41, 5.74) is -1.15. The van der Waals surface area contributed by atoms with E-state index in [0.29, 0.717) is 6.20 Å². The van der Waals surface area contributed by atoms with E-state index in [4.69, 9.17) is 11.6 Å². The van der Waals surface area contributed by atoms with E-state index in [2.05, 4.69) is 20.9 Å². The summed E-state index contributed by atoms with van der Waals surface area (Å²) < 4.78 is 51.1. The first-order chi connectivity index (χ1) is 13.2. The first kappa shape index (κ1) is 21.4. The van der Waals surface area contributed by atoms with E-state index in [0.717, 1.165) is 12.1 Å². The average Bonchev–Trinajstić information content (AvgIpc) is 2.63. The molecule has 1 aromatic carbocycles. The van der Waals surface area contributed by atoms with Crippen molar-refractivity contribution in [1.82, 2.24) is 15.6 Å². The van der Waals surface area contributed by atoms with Gasteiger partial charge in [-0.25, -0.2) is 9.37 Å². The van der Waals surface area contributed by atoms with E-state index in [9.17, 15) is 27.2 Å². The molecule has 11 heteroatoms. The van der Waals surface area contributed by atoms with E-state index < -0.39 is 29.4 Å². The van der Waals surface area contributed by atoms with Crippen LogP contribution >= 0.6 is 11.6 Å². The van der Waals surface area contributed by atoms with E-state index in [1.807, 2.05) is 0 Å². The van der Waals surface area contributed by atoms with Gasteiger partial charge in [-0.3, -0.25) is 9.59 Å². The maximum Gasteiger partial charge on any atom is 0.417 e. The molecule has 0 radical (unpaired) electrons. The SMILES string of the molecule is O=C(CNC(=O)c1ccccc1F)NCCNc1ncc(C(F)(F)F)cc1Cl. The molecule has 0 unspecified atom stereocenters. The number of alkyl halides is 3. The van der Waals surface area contributed by atoms with E-state index in [1.54, 1.807) is 0 Å². The summed E-state index contributed by atoms with van der Waals surface area (Å²) in [4.78, 5) is 27.1. The van der Waals surface area contributed by atoms with Gasteiger partial charge in [0.25, 0.3) is 5.91 Å². The summed E-state index contributed by atoms with van der Waals surface area (Å²) in [6, 6.07) is 6.08. The van der Waals surface area contributed by atoms with Gasteiger partial charge in [0, 0.05) is 19.3 Å². The van der Waals surface area contributed by atoms with Gasteiger partial charge in [0.15, 0.2) is 0 Å². The minimum atomic E-state index is -4.55. The third-order valence-electron chi connectivity index (χ3n) is 3.44. The molecule has 0 bridgehead atoms. The summed E-state index contributed by atoms with van der Waals surface area (Å²) in [7, 11) is 0. The van der Waals surface area contributed by atoms with Crippen LogP contribution in [-0.2, 0) is 11.0 Å². The Balaban J connectivity index is 1.73. The fourth-order valence-electron chi connectivity index (χ4n) is 2.07.